The van der Waals surface area contributed by atoms with Crippen LogP contribution >= 0.6 is 38.5 Å². The van der Waals surface area contributed by atoms with Gasteiger partial charge >= 0.3 is 0 Å². The second-order valence-electron chi connectivity index (χ2n) is 4.84. The molecule has 0 spiro atoms. The van der Waals surface area contributed by atoms with E-state index in [4.69, 9.17) is 10.00 Å². The van der Waals surface area contributed by atoms with Crippen LogP contribution in [-0.4, -0.2) is 4.98 Å². The molecule has 6 heteroatoms. The van der Waals surface area contributed by atoms with Crippen molar-refractivity contribution in [3.63, 3.8) is 0 Å². The second kappa shape index (κ2) is 7.79. The van der Waals surface area contributed by atoms with Crippen LogP contribution in [0.25, 0.3) is 6.08 Å². The van der Waals surface area contributed by atoms with Crippen molar-refractivity contribution in [3.05, 3.63) is 59.5 Å². The van der Waals surface area contributed by atoms with E-state index in [2.05, 4.69) is 20.9 Å². The molecule has 0 radical (unpaired) electrons. The lowest BCUT2D eigenvalue weighted by Crippen LogP contribution is -2.15. The Morgan fingerprint density at radius 3 is 2.83 bits per heavy atom. The molecule has 0 aliphatic carbocycles. The van der Waals surface area contributed by atoms with E-state index in [1.165, 1.54) is 6.08 Å². The summed E-state index contributed by atoms with van der Waals surface area (Å²) in [6, 6.07) is 7.50. The molecule has 0 saturated carbocycles. The molecule has 2 rings (SSSR count). The fourth-order valence-electron chi connectivity index (χ4n) is 2.23. The highest BCUT2D eigenvalue weighted by molar-refractivity contribution is 14.1. The van der Waals surface area contributed by atoms with E-state index < -0.39 is 0 Å². The Kier molecular flexibility index (Phi) is 6.02. The average molecular weight is 485 g/mol. The molecule has 0 atom stereocenters. The van der Waals surface area contributed by atoms with Crippen molar-refractivity contribution >= 4 is 44.6 Å². The summed E-state index contributed by atoms with van der Waals surface area (Å²) in [6.45, 7) is 3.89. The van der Waals surface area contributed by atoms with Gasteiger partial charge in [-0.3, -0.25) is 4.79 Å². The standard InChI is InChI=1S/C17H14BrIN2O2/c1-3-14-10(2)21-17(22)15(19)16(14)23-13-8-11(5-4-6-20)7-12(18)9-13/h4-5,7-9H,3H2,1-2H3,(H,21,22)/b5-4+. The SMILES string of the molecule is CCc1c(C)[nH]c(=O)c(I)c1Oc1cc(Br)cc(/C=C/C#N)c1. The molecule has 0 aliphatic heterocycles. The lowest BCUT2D eigenvalue weighted by atomic mass is 10.1. The molecule has 0 aliphatic rings. The van der Waals surface area contributed by atoms with Crippen molar-refractivity contribution in [1.29, 1.82) is 5.26 Å². The first kappa shape index (κ1) is 17.8. The molecule has 0 amide bonds. The number of aromatic nitrogens is 1. The predicted molar refractivity (Wildman–Crippen MR) is 103 cm³/mol. The quantitative estimate of drug-likeness (QED) is 0.493. The van der Waals surface area contributed by atoms with Crippen LogP contribution in [-0.2, 0) is 6.42 Å². The third-order valence-corrected chi connectivity index (χ3v) is 4.68. The number of hydrogen-bond donors (Lipinski definition) is 1. The summed E-state index contributed by atoms with van der Waals surface area (Å²) >= 11 is 5.43. The van der Waals surface area contributed by atoms with E-state index >= 15 is 0 Å². The predicted octanol–water partition coefficient (Wildman–Crippen LogP) is 4.94. The van der Waals surface area contributed by atoms with Crippen LogP contribution in [0.4, 0.5) is 0 Å². The van der Waals surface area contributed by atoms with Crippen LogP contribution in [0.3, 0.4) is 0 Å². The molecule has 23 heavy (non-hydrogen) atoms. The number of allylic oxidation sites excluding steroid dienone is 1. The highest BCUT2D eigenvalue weighted by Crippen LogP contribution is 2.32. The summed E-state index contributed by atoms with van der Waals surface area (Å²) in [7, 11) is 0. The molecule has 1 aromatic heterocycles. The summed E-state index contributed by atoms with van der Waals surface area (Å²) in [5.74, 6) is 1.19. The second-order valence-corrected chi connectivity index (χ2v) is 6.83. The van der Waals surface area contributed by atoms with Crippen molar-refractivity contribution in [1.82, 2.24) is 4.98 Å². The van der Waals surface area contributed by atoms with Gasteiger partial charge in [0.05, 0.1) is 6.07 Å². The van der Waals surface area contributed by atoms with Gasteiger partial charge in [0.2, 0.25) is 0 Å². The van der Waals surface area contributed by atoms with Crippen LogP contribution in [0.1, 0.15) is 23.7 Å². The monoisotopic (exact) mass is 484 g/mol. The number of nitriles is 1. The first-order chi connectivity index (χ1) is 11.0. The first-order valence-corrected chi connectivity index (χ1v) is 8.79. The van der Waals surface area contributed by atoms with Crippen LogP contribution < -0.4 is 10.3 Å². The molecule has 1 N–H and O–H groups in total. The summed E-state index contributed by atoms with van der Waals surface area (Å²) in [5.41, 5.74) is 2.47. The van der Waals surface area contributed by atoms with Crippen LogP contribution in [0.2, 0.25) is 0 Å². The molecule has 4 nitrogen and oxygen atoms in total. The molecule has 0 unspecified atom stereocenters. The average Bonchev–Trinajstić information content (AvgIpc) is 2.50. The number of H-pyrrole nitrogens is 1. The minimum Gasteiger partial charge on any atom is -0.456 e. The summed E-state index contributed by atoms with van der Waals surface area (Å²) in [6.07, 6.45) is 3.86. The molecule has 0 saturated heterocycles. The van der Waals surface area contributed by atoms with Crippen molar-refractivity contribution in [3.8, 4) is 17.6 Å². The van der Waals surface area contributed by atoms with Crippen LogP contribution in [0.5, 0.6) is 11.5 Å². The maximum Gasteiger partial charge on any atom is 0.265 e. The highest BCUT2D eigenvalue weighted by atomic mass is 127. The number of nitrogens with zero attached hydrogens (tertiary/aromatic N) is 1. The molecule has 118 valence electrons. The minimum atomic E-state index is -0.158. The van der Waals surface area contributed by atoms with Gasteiger partial charge in [0.1, 0.15) is 9.32 Å². The fraction of sp³-hybridized carbons (Fsp3) is 0.176. The van der Waals surface area contributed by atoms with Gasteiger partial charge in [0.25, 0.3) is 5.56 Å². The Morgan fingerprint density at radius 2 is 2.17 bits per heavy atom. The van der Waals surface area contributed by atoms with Crippen LogP contribution in [0.15, 0.2) is 33.5 Å². The number of aryl methyl sites for hydroxylation is 1. The Hall–Kier alpha value is -1.59. The zero-order chi connectivity index (χ0) is 17.0. The zero-order valence-electron chi connectivity index (χ0n) is 12.6. The van der Waals surface area contributed by atoms with E-state index in [0.29, 0.717) is 15.1 Å². The van der Waals surface area contributed by atoms with Gasteiger partial charge in [-0.05, 0) is 65.8 Å². The zero-order valence-corrected chi connectivity index (χ0v) is 16.4. The number of hydrogen-bond acceptors (Lipinski definition) is 3. The molecule has 2 aromatic rings. The van der Waals surface area contributed by atoms with Crippen molar-refractivity contribution in [2.75, 3.05) is 0 Å². The molecule has 0 bridgehead atoms. The number of ether oxygens (including phenoxy) is 1. The first-order valence-electron chi connectivity index (χ1n) is 6.92. The molecule has 0 fully saturated rings. The van der Waals surface area contributed by atoms with Gasteiger partial charge < -0.3 is 9.72 Å². The van der Waals surface area contributed by atoms with Gasteiger partial charge in [-0.2, -0.15) is 5.26 Å². The number of halogens is 2. The minimum absolute atomic E-state index is 0.158. The lowest BCUT2D eigenvalue weighted by molar-refractivity contribution is 0.470. The molecule has 1 aromatic carbocycles. The van der Waals surface area contributed by atoms with Crippen molar-refractivity contribution in [2.45, 2.75) is 20.3 Å². The summed E-state index contributed by atoms with van der Waals surface area (Å²) in [5, 5.41) is 8.65. The van der Waals surface area contributed by atoms with E-state index in [9.17, 15) is 4.79 Å². The number of benzene rings is 1. The molecular weight excluding hydrogens is 471 g/mol. The maximum absolute atomic E-state index is 12.0. The smallest absolute Gasteiger partial charge is 0.265 e. The van der Waals surface area contributed by atoms with Crippen molar-refractivity contribution < 1.29 is 4.74 Å². The van der Waals surface area contributed by atoms with Crippen molar-refractivity contribution in [2.24, 2.45) is 0 Å². The van der Waals surface area contributed by atoms with E-state index in [0.717, 1.165) is 27.7 Å². The highest BCUT2D eigenvalue weighted by Gasteiger charge is 2.15. The van der Waals surface area contributed by atoms with E-state index in [1.807, 2.05) is 60.7 Å². The fourth-order valence-corrected chi connectivity index (χ4v) is 3.29. The van der Waals surface area contributed by atoms with Crippen LogP contribution in [0, 0.1) is 21.8 Å². The van der Waals surface area contributed by atoms with E-state index in [-0.39, 0.29) is 5.56 Å². The largest absolute Gasteiger partial charge is 0.456 e. The van der Waals surface area contributed by atoms with Gasteiger partial charge in [-0.25, -0.2) is 0 Å². The molecule has 1 heterocycles. The summed E-state index contributed by atoms with van der Waals surface area (Å²) in [4.78, 5) is 14.8. The van der Waals surface area contributed by atoms with Gasteiger partial charge in [-0.1, -0.05) is 22.9 Å². The van der Waals surface area contributed by atoms with E-state index in [1.54, 1.807) is 6.08 Å². The number of nitrogens with one attached hydrogen (secondary N) is 1. The Bertz CT molecular complexity index is 866. The third-order valence-electron chi connectivity index (χ3n) is 3.24. The Morgan fingerprint density at radius 1 is 1.43 bits per heavy atom. The topological polar surface area (TPSA) is 65.9 Å². The number of aromatic amines is 1. The lowest BCUT2D eigenvalue weighted by Gasteiger charge is -2.14. The Labute approximate surface area is 156 Å². The molecular formula is C17H14BrIN2O2. The van der Waals surface area contributed by atoms with Gasteiger partial charge in [-0.15, -0.1) is 0 Å². The normalized spacial score (nSPS) is 10.7. The number of pyridine rings is 1. The summed E-state index contributed by atoms with van der Waals surface area (Å²) < 4.78 is 7.38. The Balaban J connectivity index is 2.52. The van der Waals surface area contributed by atoms with Gasteiger partial charge in [0.15, 0.2) is 5.75 Å². The van der Waals surface area contributed by atoms with Gasteiger partial charge in [0, 0.05) is 21.8 Å². The third kappa shape index (κ3) is 4.24. The number of rotatable bonds is 4. The maximum atomic E-state index is 12.0.